The van der Waals surface area contributed by atoms with Crippen molar-refractivity contribution in [3.63, 3.8) is 0 Å². The Labute approximate surface area is 390 Å². The number of aromatic nitrogens is 5. The number of unbranched alkanes of at least 4 members (excludes halogenated alkanes) is 1. The van der Waals surface area contributed by atoms with Crippen molar-refractivity contribution in [2.75, 3.05) is 39.8 Å². The molecule has 1 atom stereocenters. The van der Waals surface area contributed by atoms with Gasteiger partial charge in [0.25, 0.3) is 11.8 Å². The number of piperidine rings is 1. The fourth-order valence-electron chi connectivity index (χ4n) is 7.51. The van der Waals surface area contributed by atoms with Gasteiger partial charge in [0, 0.05) is 66.8 Å². The van der Waals surface area contributed by atoms with Crippen LogP contribution in [0.4, 0.5) is 58.2 Å². The number of urea groups is 1. The molecule has 7 N–H and O–H groups in total. The van der Waals surface area contributed by atoms with Crippen LogP contribution in [0.15, 0.2) is 108 Å². The zero-order chi connectivity index (χ0) is 49.0. The summed E-state index contributed by atoms with van der Waals surface area (Å²) >= 11 is 0. The van der Waals surface area contributed by atoms with E-state index in [1.165, 1.54) is 53.5 Å². The van der Waals surface area contributed by atoms with Crippen LogP contribution >= 0.6 is 0 Å². The maximum atomic E-state index is 13.5. The summed E-state index contributed by atoms with van der Waals surface area (Å²) in [7, 11) is -2.17. The van der Waals surface area contributed by atoms with Gasteiger partial charge in [-0.05, 0) is 98.1 Å². The minimum atomic E-state index is -5.04. The van der Waals surface area contributed by atoms with Crippen molar-refractivity contribution < 1.29 is 50.3 Å². The van der Waals surface area contributed by atoms with E-state index in [1.54, 1.807) is 60.5 Å². The molecular weight excluding hydrogens is 928 g/mol. The number of hydrogen-bond donors (Lipinski definition) is 6. The van der Waals surface area contributed by atoms with Gasteiger partial charge in [0.1, 0.15) is 23.3 Å². The lowest BCUT2D eigenvalue weighted by atomic mass is 10.0. The first kappa shape index (κ1) is 47.1. The molecular formula is C44H40F3N13O8S. The summed E-state index contributed by atoms with van der Waals surface area (Å²) in [6.07, 6.45) is -1.04. The molecule has 4 heterocycles. The van der Waals surface area contributed by atoms with Gasteiger partial charge in [0.2, 0.25) is 27.8 Å². The molecule has 2 aromatic heterocycles. The lowest BCUT2D eigenvalue weighted by molar-refractivity contribution is -0.274. The van der Waals surface area contributed by atoms with E-state index in [-0.39, 0.29) is 51.8 Å². The Morgan fingerprint density at radius 2 is 1.67 bits per heavy atom. The molecule has 6 aromatic rings. The van der Waals surface area contributed by atoms with E-state index in [9.17, 15) is 45.6 Å². The SMILES string of the molecule is CN(c1ccc(NC(=O)Nc2ccc(OC(F)(F)F)c(-c3cn(CCCCNc4cccc5c4C(=O)N(C4CCC(=O)NC4=O)C5=O)nn3)c2)cc1)c1ccnc(Nc2cccc(S(N)(=O)=O)c2)n1. The molecule has 2 aliphatic heterocycles. The molecule has 356 valence electrons. The van der Waals surface area contributed by atoms with Gasteiger partial charge in [-0.2, -0.15) is 4.98 Å². The van der Waals surface area contributed by atoms with Gasteiger partial charge in [0.15, 0.2) is 0 Å². The number of rotatable bonds is 16. The number of anilines is 7. The molecule has 6 amide bonds. The highest BCUT2D eigenvalue weighted by atomic mass is 32.2. The maximum Gasteiger partial charge on any atom is 0.573 e. The molecule has 8 rings (SSSR count). The van der Waals surface area contributed by atoms with Gasteiger partial charge in [-0.15, -0.1) is 18.3 Å². The third-order valence-corrected chi connectivity index (χ3v) is 11.7. The second-order valence-corrected chi connectivity index (χ2v) is 17.1. The first-order chi connectivity index (χ1) is 32.9. The number of primary sulfonamides is 1. The van der Waals surface area contributed by atoms with Crippen LogP contribution in [0, 0.1) is 0 Å². The van der Waals surface area contributed by atoms with Crippen LogP contribution in [0.25, 0.3) is 11.3 Å². The summed E-state index contributed by atoms with van der Waals surface area (Å²) < 4.78 is 69.7. The first-order valence-corrected chi connectivity index (χ1v) is 22.5. The predicted molar refractivity (Wildman–Crippen MR) is 243 cm³/mol. The lowest BCUT2D eigenvalue weighted by Gasteiger charge is -2.27. The van der Waals surface area contributed by atoms with Crippen molar-refractivity contribution >= 4 is 79.9 Å². The molecule has 0 aliphatic carbocycles. The Kier molecular flexibility index (Phi) is 13.2. The monoisotopic (exact) mass is 967 g/mol. The Balaban J connectivity index is 0.860. The quantitative estimate of drug-likeness (QED) is 0.0499. The van der Waals surface area contributed by atoms with Crippen LogP contribution < -0.4 is 41.4 Å². The average molecular weight is 968 g/mol. The van der Waals surface area contributed by atoms with Crippen molar-refractivity contribution in [2.45, 2.75) is 49.5 Å². The Hall–Kier alpha value is -8.45. The molecule has 0 radical (unpaired) electrons. The smallest absolute Gasteiger partial charge is 0.405 e. The standard InChI is InChI=1S/C44H40F3N13O8S/c1-58(36-18-20-50-42(54-36)51-26-6-4-7-29(22-26)69(48,66)67)28-13-10-25(11-14-28)52-43(65)53-27-12-16-35(68-44(45,46)47)31(23-27)33-24-59(57-56-33)21-3-2-19-49-32-9-5-8-30-38(32)41(64)60(40(30)63)34-15-17-37(61)55-39(34)62/h4-14,16,18,20,22-24,34,49H,2-3,15,17,19,21H2,1H3,(H2,48,66,67)(H,50,51,54)(H2,52,53,65)(H,55,61,62). The number of fused-ring (bicyclic) bond motifs is 1. The van der Waals surface area contributed by atoms with E-state index in [1.807, 2.05) is 0 Å². The fraction of sp³-hybridized carbons (Fsp3) is 0.205. The zero-order valence-electron chi connectivity index (χ0n) is 36.2. The van der Waals surface area contributed by atoms with Crippen molar-refractivity contribution in [3.05, 3.63) is 115 Å². The minimum Gasteiger partial charge on any atom is -0.405 e. The Bertz CT molecular complexity index is 3100. The second-order valence-electron chi connectivity index (χ2n) is 15.6. The number of halogens is 3. The third kappa shape index (κ3) is 11.1. The van der Waals surface area contributed by atoms with E-state index in [0.717, 1.165) is 11.0 Å². The summed E-state index contributed by atoms with van der Waals surface area (Å²) in [6, 6.07) is 20.7. The molecule has 0 bridgehead atoms. The van der Waals surface area contributed by atoms with Crippen LogP contribution in [0.5, 0.6) is 5.75 Å². The van der Waals surface area contributed by atoms with E-state index >= 15 is 0 Å². The van der Waals surface area contributed by atoms with Crippen molar-refractivity contribution in [1.29, 1.82) is 0 Å². The zero-order valence-corrected chi connectivity index (χ0v) is 37.0. The predicted octanol–water partition coefficient (Wildman–Crippen LogP) is 5.73. The van der Waals surface area contributed by atoms with Crippen LogP contribution in [0.3, 0.4) is 0 Å². The van der Waals surface area contributed by atoms with Crippen LogP contribution in [-0.2, 0) is 26.2 Å². The molecule has 25 heteroatoms. The number of hydrogen-bond acceptors (Lipinski definition) is 15. The highest BCUT2D eigenvalue weighted by Gasteiger charge is 2.45. The van der Waals surface area contributed by atoms with Gasteiger partial charge in [-0.1, -0.05) is 17.3 Å². The summed E-state index contributed by atoms with van der Waals surface area (Å²) in [5.74, 6) is -2.37. The van der Waals surface area contributed by atoms with Crippen molar-refractivity contribution in [2.24, 2.45) is 5.14 Å². The number of imide groups is 2. The number of nitrogens with zero attached hydrogens (tertiary/aromatic N) is 7. The third-order valence-electron chi connectivity index (χ3n) is 10.8. The average Bonchev–Trinajstić information content (AvgIpc) is 3.88. The molecule has 1 unspecified atom stereocenters. The molecule has 0 spiro atoms. The van der Waals surface area contributed by atoms with E-state index in [2.05, 4.69) is 51.6 Å². The number of amides is 6. The summed E-state index contributed by atoms with van der Waals surface area (Å²) in [5, 5.41) is 26.9. The maximum absolute atomic E-state index is 13.5. The Morgan fingerprint density at radius 3 is 2.42 bits per heavy atom. The number of ether oxygens (including phenoxy) is 1. The van der Waals surface area contributed by atoms with Crippen molar-refractivity contribution in [3.8, 4) is 17.0 Å². The minimum absolute atomic E-state index is 0.00389. The van der Waals surface area contributed by atoms with E-state index < -0.39 is 57.8 Å². The normalized spacial score (nSPS) is 14.8. The second kappa shape index (κ2) is 19.4. The highest BCUT2D eigenvalue weighted by molar-refractivity contribution is 7.89. The molecule has 1 fully saturated rings. The van der Waals surface area contributed by atoms with Gasteiger partial charge >= 0.3 is 12.4 Å². The number of alkyl halides is 3. The summed E-state index contributed by atoms with van der Waals surface area (Å²) in [4.78, 5) is 75.0. The molecule has 0 saturated carbocycles. The first-order valence-electron chi connectivity index (χ1n) is 20.9. The van der Waals surface area contributed by atoms with E-state index in [4.69, 9.17) is 5.14 Å². The van der Waals surface area contributed by atoms with Gasteiger partial charge in [0.05, 0.1) is 22.2 Å². The summed E-state index contributed by atoms with van der Waals surface area (Å²) in [5.41, 5.74) is 2.15. The fourth-order valence-corrected chi connectivity index (χ4v) is 8.07. The van der Waals surface area contributed by atoms with Crippen LogP contribution in [0.1, 0.15) is 46.4 Å². The van der Waals surface area contributed by atoms with E-state index in [0.29, 0.717) is 54.5 Å². The number of nitrogens with one attached hydrogen (secondary N) is 5. The highest BCUT2D eigenvalue weighted by Crippen LogP contribution is 2.36. The molecule has 69 heavy (non-hydrogen) atoms. The molecule has 4 aromatic carbocycles. The molecule has 2 aliphatic rings. The number of carbonyl (C=O) groups is 5. The van der Waals surface area contributed by atoms with Crippen LogP contribution in [0.2, 0.25) is 0 Å². The summed E-state index contributed by atoms with van der Waals surface area (Å²) in [6.45, 7) is 0.650. The molecule has 1 saturated heterocycles. The largest absolute Gasteiger partial charge is 0.573 e. The van der Waals surface area contributed by atoms with Gasteiger partial charge in [-0.25, -0.2) is 23.3 Å². The number of aryl methyl sites for hydroxylation is 1. The lowest BCUT2D eigenvalue weighted by Crippen LogP contribution is -2.54. The van der Waals surface area contributed by atoms with Gasteiger partial charge < -0.3 is 30.9 Å². The number of benzene rings is 4. The van der Waals surface area contributed by atoms with Crippen molar-refractivity contribution in [1.82, 2.24) is 35.2 Å². The number of carbonyl (C=O) groups excluding carboxylic acids is 5. The Morgan fingerprint density at radius 1 is 0.913 bits per heavy atom. The number of sulfonamides is 1. The topological polar surface area (TPSA) is 278 Å². The van der Waals surface area contributed by atoms with Gasteiger partial charge in [-0.3, -0.25) is 34.1 Å². The number of nitrogens with two attached hydrogens (primary N) is 1. The van der Waals surface area contributed by atoms with Crippen LogP contribution in [-0.4, -0.2) is 93.9 Å². The molecule has 21 nitrogen and oxygen atoms in total.